The molecule has 0 bridgehead atoms. The molecule has 2 rings (SSSR count). The van der Waals surface area contributed by atoms with Crippen LogP contribution in [-0.2, 0) is 5.60 Å². The van der Waals surface area contributed by atoms with E-state index in [1.165, 1.54) is 18.9 Å². The second-order valence-corrected chi connectivity index (χ2v) is 6.18. The fourth-order valence-electron chi connectivity index (χ4n) is 3.23. The number of halogens is 2. The van der Waals surface area contributed by atoms with Crippen molar-refractivity contribution in [2.45, 2.75) is 57.5 Å². The van der Waals surface area contributed by atoms with Crippen LogP contribution in [0.25, 0.3) is 0 Å². The van der Waals surface area contributed by atoms with Gasteiger partial charge in [0.2, 0.25) is 0 Å². The monoisotopic (exact) mass is 284 g/mol. The van der Waals surface area contributed by atoms with E-state index in [1.54, 1.807) is 12.1 Å². The van der Waals surface area contributed by atoms with Crippen molar-refractivity contribution in [2.24, 2.45) is 5.92 Å². The molecule has 3 heteroatoms. The standard InChI is InChI=1S/C16H22ClFO/c1-2-4-12-5-3-9-16(19,10-8-12)14-7-6-13(17)11-15(14)18/h6-7,11-12,19H,2-5,8-10H2,1H3. The maximum Gasteiger partial charge on any atom is 0.130 e. The van der Waals surface area contributed by atoms with Crippen molar-refractivity contribution in [1.82, 2.24) is 0 Å². The fraction of sp³-hybridized carbons (Fsp3) is 0.625. The van der Waals surface area contributed by atoms with E-state index in [-0.39, 0.29) is 5.82 Å². The summed E-state index contributed by atoms with van der Waals surface area (Å²) in [5.74, 6) is 0.290. The number of aliphatic hydroxyl groups is 1. The van der Waals surface area contributed by atoms with Gasteiger partial charge in [-0.3, -0.25) is 0 Å². The predicted octanol–water partition coefficient (Wildman–Crippen LogP) is 5.05. The summed E-state index contributed by atoms with van der Waals surface area (Å²) >= 11 is 5.78. The number of rotatable bonds is 3. The van der Waals surface area contributed by atoms with E-state index in [2.05, 4.69) is 6.92 Å². The summed E-state index contributed by atoms with van der Waals surface area (Å²) in [4.78, 5) is 0. The predicted molar refractivity (Wildman–Crippen MR) is 76.8 cm³/mol. The van der Waals surface area contributed by atoms with Gasteiger partial charge in [0.15, 0.2) is 0 Å². The van der Waals surface area contributed by atoms with Gasteiger partial charge in [-0.1, -0.05) is 43.9 Å². The highest BCUT2D eigenvalue weighted by molar-refractivity contribution is 6.30. The highest BCUT2D eigenvalue weighted by Crippen LogP contribution is 2.40. The quantitative estimate of drug-likeness (QED) is 0.770. The Balaban J connectivity index is 2.17. The third kappa shape index (κ3) is 3.49. The van der Waals surface area contributed by atoms with Gasteiger partial charge in [0, 0.05) is 10.6 Å². The van der Waals surface area contributed by atoms with Crippen LogP contribution in [-0.4, -0.2) is 5.11 Å². The first-order chi connectivity index (χ1) is 9.05. The molecule has 1 N–H and O–H groups in total. The minimum absolute atomic E-state index is 0.377. The summed E-state index contributed by atoms with van der Waals surface area (Å²) in [5, 5.41) is 11.2. The second-order valence-electron chi connectivity index (χ2n) is 5.74. The van der Waals surface area contributed by atoms with E-state index < -0.39 is 5.60 Å². The lowest BCUT2D eigenvalue weighted by Gasteiger charge is -2.28. The third-order valence-corrected chi connectivity index (χ3v) is 4.53. The largest absolute Gasteiger partial charge is 0.385 e. The minimum Gasteiger partial charge on any atom is -0.385 e. The van der Waals surface area contributed by atoms with Gasteiger partial charge < -0.3 is 5.11 Å². The molecule has 1 nitrogen and oxygen atoms in total. The zero-order valence-electron chi connectivity index (χ0n) is 11.5. The van der Waals surface area contributed by atoms with Crippen LogP contribution < -0.4 is 0 Å². The van der Waals surface area contributed by atoms with Crippen LogP contribution in [0, 0.1) is 11.7 Å². The topological polar surface area (TPSA) is 20.2 Å². The Kier molecular flexibility index (Phi) is 4.86. The fourth-order valence-corrected chi connectivity index (χ4v) is 3.39. The van der Waals surface area contributed by atoms with Gasteiger partial charge in [0.1, 0.15) is 5.82 Å². The summed E-state index contributed by atoms with van der Waals surface area (Å²) in [6, 6.07) is 4.59. The molecule has 1 saturated carbocycles. The Morgan fingerprint density at radius 2 is 2.16 bits per heavy atom. The zero-order chi connectivity index (χ0) is 13.9. The van der Waals surface area contributed by atoms with Crippen molar-refractivity contribution in [3.8, 4) is 0 Å². The van der Waals surface area contributed by atoms with Crippen LogP contribution in [0.5, 0.6) is 0 Å². The van der Waals surface area contributed by atoms with Crippen LogP contribution in [0.4, 0.5) is 4.39 Å². The van der Waals surface area contributed by atoms with Crippen molar-refractivity contribution in [2.75, 3.05) is 0 Å². The molecule has 0 aliphatic heterocycles. The first-order valence-corrected chi connectivity index (χ1v) is 7.61. The minimum atomic E-state index is -1.02. The van der Waals surface area contributed by atoms with Gasteiger partial charge in [0.05, 0.1) is 5.60 Å². The Bertz CT molecular complexity index is 435. The molecule has 0 amide bonds. The van der Waals surface area contributed by atoms with Crippen molar-refractivity contribution in [3.63, 3.8) is 0 Å². The molecular formula is C16H22ClFO. The van der Waals surface area contributed by atoms with E-state index in [4.69, 9.17) is 11.6 Å². The van der Waals surface area contributed by atoms with Crippen LogP contribution in [0.2, 0.25) is 5.02 Å². The summed E-state index contributed by atoms with van der Waals surface area (Å²) < 4.78 is 14.0. The summed E-state index contributed by atoms with van der Waals surface area (Å²) in [5.41, 5.74) is -0.606. The first kappa shape index (κ1) is 14.8. The van der Waals surface area contributed by atoms with Crippen LogP contribution in [0.15, 0.2) is 18.2 Å². The lowest BCUT2D eigenvalue weighted by Crippen LogP contribution is -2.26. The van der Waals surface area contributed by atoms with E-state index >= 15 is 0 Å². The molecule has 1 aliphatic rings. The highest BCUT2D eigenvalue weighted by atomic mass is 35.5. The van der Waals surface area contributed by atoms with Gasteiger partial charge in [-0.05, 0) is 43.7 Å². The molecule has 0 radical (unpaired) electrons. The van der Waals surface area contributed by atoms with E-state index in [9.17, 15) is 9.50 Å². The summed E-state index contributed by atoms with van der Waals surface area (Å²) in [6.07, 6.45) is 6.76. The third-order valence-electron chi connectivity index (χ3n) is 4.30. The number of benzene rings is 1. The molecule has 106 valence electrons. The maximum absolute atomic E-state index is 14.0. The first-order valence-electron chi connectivity index (χ1n) is 7.23. The average molecular weight is 285 g/mol. The lowest BCUT2D eigenvalue weighted by atomic mass is 9.85. The van der Waals surface area contributed by atoms with Crippen LogP contribution >= 0.6 is 11.6 Å². The Hall–Kier alpha value is -0.600. The molecular weight excluding hydrogens is 263 g/mol. The zero-order valence-corrected chi connectivity index (χ0v) is 12.2. The molecule has 0 aromatic heterocycles. The van der Waals surface area contributed by atoms with Crippen molar-refractivity contribution in [3.05, 3.63) is 34.6 Å². The molecule has 2 atom stereocenters. The van der Waals surface area contributed by atoms with Gasteiger partial charge in [-0.2, -0.15) is 0 Å². The SMILES string of the molecule is CCCC1CCCC(O)(c2ccc(Cl)cc2F)CC1. The smallest absolute Gasteiger partial charge is 0.130 e. The molecule has 0 spiro atoms. The van der Waals surface area contributed by atoms with E-state index in [0.29, 0.717) is 29.3 Å². The van der Waals surface area contributed by atoms with Crippen molar-refractivity contribution < 1.29 is 9.50 Å². The lowest BCUT2D eigenvalue weighted by molar-refractivity contribution is 0.0161. The average Bonchev–Trinajstić information content (AvgIpc) is 2.53. The number of hydrogen-bond donors (Lipinski definition) is 1. The summed E-state index contributed by atoms with van der Waals surface area (Å²) in [6.45, 7) is 2.19. The molecule has 19 heavy (non-hydrogen) atoms. The Morgan fingerprint density at radius 1 is 1.37 bits per heavy atom. The van der Waals surface area contributed by atoms with Gasteiger partial charge >= 0.3 is 0 Å². The molecule has 0 heterocycles. The second kappa shape index (κ2) is 6.23. The molecule has 1 aromatic rings. The Morgan fingerprint density at radius 3 is 2.84 bits per heavy atom. The summed E-state index contributed by atoms with van der Waals surface area (Å²) in [7, 11) is 0. The molecule has 0 saturated heterocycles. The molecule has 2 unspecified atom stereocenters. The molecule has 1 fully saturated rings. The van der Waals surface area contributed by atoms with Crippen LogP contribution in [0.1, 0.15) is 57.4 Å². The van der Waals surface area contributed by atoms with Gasteiger partial charge in [-0.25, -0.2) is 4.39 Å². The Labute approximate surface area is 119 Å². The molecule has 1 aromatic carbocycles. The van der Waals surface area contributed by atoms with Crippen LogP contribution in [0.3, 0.4) is 0 Å². The number of hydrogen-bond acceptors (Lipinski definition) is 1. The van der Waals surface area contributed by atoms with Gasteiger partial charge in [0.25, 0.3) is 0 Å². The molecule has 1 aliphatic carbocycles. The normalized spacial score (nSPS) is 28.1. The highest BCUT2D eigenvalue weighted by Gasteiger charge is 2.34. The van der Waals surface area contributed by atoms with Crippen molar-refractivity contribution >= 4 is 11.6 Å². The van der Waals surface area contributed by atoms with E-state index in [0.717, 1.165) is 19.3 Å². The van der Waals surface area contributed by atoms with Gasteiger partial charge in [-0.15, -0.1) is 0 Å². The van der Waals surface area contributed by atoms with E-state index in [1.807, 2.05) is 0 Å². The maximum atomic E-state index is 14.0. The van der Waals surface area contributed by atoms with Crippen molar-refractivity contribution in [1.29, 1.82) is 0 Å².